The van der Waals surface area contributed by atoms with E-state index in [1.807, 2.05) is 0 Å². The average molecular weight is 1500 g/mol. The van der Waals surface area contributed by atoms with Gasteiger partial charge >= 0.3 is 0 Å². The van der Waals surface area contributed by atoms with Crippen LogP contribution < -0.4 is 9.64 Å². The molecule has 0 radical (unpaired) electrons. The summed E-state index contributed by atoms with van der Waals surface area (Å²) in [7, 11) is 0. The second-order valence-corrected chi connectivity index (χ2v) is 35.0. The van der Waals surface area contributed by atoms with E-state index < -0.39 is 0 Å². The molecule has 3 nitrogen and oxygen atoms in total. The van der Waals surface area contributed by atoms with Crippen LogP contribution in [0.5, 0.6) is 11.5 Å². The largest absolute Gasteiger partial charge is 0.455 e. The third-order valence-corrected chi connectivity index (χ3v) is 27.1. The Bertz CT molecular complexity index is 6870. The fraction of sp³-hybridized carbons (Fsp3) is 0.105. The van der Waals surface area contributed by atoms with Crippen molar-refractivity contribution in [3.8, 4) is 156 Å². The van der Waals surface area contributed by atoms with Crippen LogP contribution >= 0.6 is 0 Å². The molecule has 0 fully saturated rings. The minimum Gasteiger partial charge on any atom is -0.455 e. The minimum absolute atomic E-state index is 0.0913. The molecule has 23 rings (SSSR count). The van der Waals surface area contributed by atoms with Crippen molar-refractivity contribution in [1.82, 2.24) is 0 Å². The van der Waals surface area contributed by atoms with E-state index in [0.29, 0.717) is 0 Å². The Labute approximate surface area is 684 Å². The molecule has 0 saturated heterocycles. The molecule has 0 saturated carbocycles. The number of ether oxygens (including phenoxy) is 1. The van der Waals surface area contributed by atoms with Crippen molar-refractivity contribution >= 4 is 39.0 Å². The first-order chi connectivity index (χ1) is 57.0. The number of para-hydroxylation sites is 2. The van der Waals surface area contributed by atoms with Gasteiger partial charge in [-0.15, -0.1) is 0 Å². The fourth-order valence-electron chi connectivity index (χ4n) is 20.8. The molecule has 0 N–H and O–H groups in total. The quantitative estimate of drug-likeness (QED) is 0.136. The number of hydrogen-bond donors (Lipinski definition) is 0. The van der Waals surface area contributed by atoms with Crippen LogP contribution in [-0.4, -0.2) is 0 Å². The van der Waals surface area contributed by atoms with E-state index in [9.17, 15) is 0 Å². The number of furan rings is 1. The lowest BCUT2D eigenvalue weighted by atomic mass is 9.80. The molecule has 117 heavy (non-hydrogen) atoms. The Kier molecular flexibility index (Phi) is 14.9. The molecule has 4 aliphatic carbocycles. The number of fused-ring (bicyclic) bond motifs is 17. The van der Waals surface area contributed by atoms with Crippen molar-refractivity contribution in [3.63, 3.8) is 0 Å². The predicted molar refractivity (Wildman–Crippen MR) is 488 cm³/mol. The lowest BCUT2D eigenvalue weighted by Gasteiger charge is -2.36. The van der Waals surface area contributed by atoms with Crippen molar-refractivity contribution < 1.29 is 9.15 Å². The van der Waals surface area contributed by atoms with Gasteiger partial charge in [0.1, 0.15) is 11.2 Å². The Morgan fingerprint density at radius 2 is 0.487 bits per heavy atom. The van der Waals surface area contributed by atoms with Gasteiger partial charge in [0.25, 0.3) is 0 Å². The van der Waals surface area contributed by atoms with Crippen LogP contribution in [0.4, 0.5) is 17.1 Å². The Balaban J connectivity index is 0.687. The molecule has 18 aromatic rings. The van der Waals surface area contributed by atoms with Gasteiger partial charge in [-0.2, -0.15) is 0 Å². The van der Waals surface area contributed by atoms with Crippen LogP contribution in [0.3, 0.4) is 0 Å². The van der Waals surface area contributed by atoms with Crippen molar-refractivity contribution in [2.75, 3.05) is 4.90 Å². The maximum Gasteiger partial charge on any atom is 0.152 e. The van der Waals surface area contributed by atoms with Gasteiger partial charge in [-0.3, -0.25) is 0 Å². The highest BCUT2D eigenvalue weighted by atomic mass is 16.5. The van der Waals surface area contributed by atoms with Gasteiger partial charge < -0.3 is 14.1 Å². The first kappa shape index (κ1) is 68.7. The Hall–Kier alpha value is -13.9. The molecular formula is C114H83NO2. The van der Waals surface area contributed by atoms with Gasteiger partial charge in [-0.25, -0.2) is 0 Å². The number of rotatable bonds is 10. The summed E-state index contributed by atoms with van der Waals surface area (Å²) in [5, 5.41) is 2.17. The molecule has 0 amide bonds. The fourth-order valence-corrected chi connectivity index (χ4v) is 20.8. The van der Waals surface area contributed by atoms with Gasteiger partial charge in [0.15, 0.2) is 11.5 Å². The first-order valence-corrected chi connectivity index (χ1v) is 41.2. The number of hydrogen-bond acceptors (Lipinski definition) is 3. The zero-order valence-corrected chi connectivity index (χ0v) is 66.8. The van der Waals surface area contributed by atoms with Crippen LogP contribution in [0, 0.1) is 0 Å². The average Bonchev–Trinajstić information content (AvgIpc) is 1.61. The van der Waals surface area contributed by atoms with E-state index >= 15 is 0 Å². The SMILES string of the molecule is CC1(C)c2ccccc2-c2ccc(-c3ccc4c(c3)C(C)(C)c3cc(-c5ccc6c(c5)Oc5cc(-c7ccc8c(c7)C(C)(C)c7cc(-c9ccc%10c(c9)C(C)(C)c9ccccc9-%10)ccc7-8)ccc5N6c5c(-c6ccc(-c7ccccc7)cc6)cc(-c6cccc7c6oc6ccccc67)cc5-c5ccc(-c6ccccc6)cc5)ccc3-4)cc21. The predicted octanol–water partition coefficient (Wildman–Crippen LogP) is 31.4. The molecule has 556 valence electrons. The molecule has 5 aliphatic rings. The lowest BCUT2D eigenvalue weighted by molar-refractivity contribution is 0.477. The molecule has 0 spiro atoms. The minimum atomic E-state index is -0.292. The molecule has 1 aliphatic heterocycles. The van der Waals surface area contributed by atoms with Gasteiger partial charge in [0.2, 0.25) is 0 Å². The second kappa shape index (κ2) is 25.3. The van der Waals surface area contributed by atoms with Gasteiger partial charge in [0, 0.05) is 49.1 Å². The van der Waals surface area contributed by atoms with Crippen LogP contribution in [0.25, 0.3) is 167 Å². The third-order valence-electron chi connectivity index (χ3n) is 27.1. The van der Waals surface area contributed by atoms with Crippen LogP contribution in [0.15, 0.2) is 362 Å². The molecule has 2 heterocycles. The summed E-state index contributed by atoms with van der Waals surface area (Å²) in [4.78, 5) is 2.51. The Morgan fingerprint density at radius 1 is 0.197 bits per heavy atom. The highest BCUT2D eigenvalue weighted by Crippen LogP contribution is 2.61. The van der Waals surface area contributed by atoms with E-state index in [1.165, 1.54) is 111 Å². The zero-order valence-electron chi connectivity index (χ0n) is 66.8. The molecule has 1 aromatic heterocycles. The standard InChI is InChI=1S/C114H83NO2/c1-111(2)96-31-18-15-26-84(96)86-50-42-74(60-98(86)111)76-44-52-88-90-54-46-78(64-102(90)113(5,6)100(88)62-76)80-48-56-104-107(66-80)116-108-67-81(79-47-55-91-89-53-45-77(63-101(89)114(7,8)103(91)65-79)75-43-51-87-85-27-16-19-32-97(85)112(3,4)99(87)61-75)49-57-105(108)115(104)109-94(72-38-34-70(35-39-72)68-22-11-9-12-23-68)58-82(83-29-21-30-93-92-28-17-20-33-106(92)117-110(83)93)59-95(109)73-40-36-71(37-41-73)69-24-13-10-14-25-69/h9-67H,1-8H3. The molecular weight excluding hydrogens is 1420 g/mol. The number of nitrogens with zero attached hydrogens (tertiary/aromatic N) is 1. The summed E-state index contributed by atoms with van der Waals surface area (Å²) in [6.45, 7) is 19.1. The summed E-state index contributed by atoms with van der Waals surface area (Å²) in [6, 6.07) is 134. The second-order valence-electron chi connectivity index (χ2n) is 35.0. The topological polar surface area (TPSA) is 25.6 Å². The zero-order chi connectivity index (χ0) is 78.5. The smallest absolute Gasteiger partial charge is 0.152 e. The first-order valence-electron chi connectivity index (χ1n) is 41.2. The summed E-state index contributed by atoms with van der Waals surface area (Å²) in [5.74, 6) is 1.52. The lowest BCUT2D eigenvalue weighted by Crippen LogP contribution is -2.18. The summed E-state index contributed by atoms with van der Waals surface area (Å²) < 4.78 is 14.7. The van der Waals surface area contributed by atoms with E-state index in [0.717, 1.165) is 128 Å². The Morgan fingerprint density at radius 3 is 0.889 bits per heavy atom. The molecule has 0 unspecified atom stereocenters. The maximum atomic E-state index is 7.69. The highest BCUT2D eigenvalue weighted by molar-refractivity contribution is 6.11. The van der Waals surface area contributed by atoms with Gasteiger partial charge in [-0.05, 0) is 251 Å². The van der Waals surface area contributed by atoms with E-state index in [1.54, 1.807) is 0 Å². The van der Waals surface area contributed by atoms with E-state index in [2.05, 4.69) is 418 Å². The normalized spacial score (nSPS) is 14.6. The third kappa shape index (κ3) is 10.4. The van der Waals surface area contributed by atoms with Crippen molar-refractivity contribution in [3.05, 3.63) is 402 Å². The molecule has 17 aromatic carbocycles. The van der Waals surface area contributed by atoms with Gasteiger partial charge in [-0.1, -0.05) is 334 Å². The molecule has 0 atom stereocenters. The van der Waals surface area contributed by atoms with Crippen LogP contribution in [-0.2, 0) is 21.7 Å². The van der Waals surface area contributed by atoms with Gasteiger partial charge in [0.05, 0.1) is 17.1 Å². The number of anilines is 3. The molecule has 3 heteroatoms. The monoisotopic (exact) mass is 1500 g/mol. The highest BCUT2D eigenvalue weighted by Gasteiger charge is 2.42. The van der Waals surface area contributed by atoms with E-state index in [4.69, 9.17) is 9.15 Å². The summed E-state index contributed by atoms with van der Waals surface area (Å²) in [6.07, 6.45) is 0. The maximum absolute atomic E-state index is 7.69. The van der Waals surface area contributed by atoms with Crippen LogP contribution in [0.1, 0.15) is 99.9 Å². The number of benzene rings is 17. The van der Waals surface area contributed by atoms with Crippen molar-refractivity contribution in [1.29, 1.82) is 0 Å². The van der Waals surface area contributed by atoms with Crippen LogP contribution in [0.2, 0.25) is 0 Å². The van der Waals surface area contributed by atoms with Crippen molar-refractivity contribution in [2.45, 2.75) is 77.0 Å². The van der Waals surface area contributed by atoms with Crippen molar-refractivity contribution in [2.24, 2.45) is 0 Å². The molecule has 0 bridgehead atoms. The van der Waals surface area contributed by atoms with E-state index in [-0.39, 0.29) is 21.7 Å². The summed E-state index contributed by atoms with van der Waals surface area (Å²) >= 11 is 0. The summed E-state index contributed by atoms with van der Waals surface area (Å²) in [5.41, 5.74) is 45.5.